The average molecular weight is 261 g/mol. The van der Waals surface area contributed by atoms with Gasteiger partial charge in [0.2, 0.25) is 0 Å². The Morgan fingerprint density at radius 3 is 3.12 bits per heavy atom. The third-order valence-corrected chi connectivity index (χ3v) is 3.33. The fourth-order valence-corrected chi connectivity index (χ4v) is 2.21. The number of hydrogen-bond donors (Lipinski definition) is 0. The summed E-state index contributed by atoms with van der Waals surface area (Å²) in [7, 11) is 0. The first-order valence-corrected chi connectivity index (χ1v) is 6.18. The summed E-state index contributed by atoms with van der Waals surface area (Å²) in [6.07, 6.45) is 1.80. The van der Waals surface area contributed by atoms with Crippen molar-refractivity contribution < 1.29 is 4.74 Å². The lowest BCUT2D eigenvalue weighted by molar-refractivity contribution is 0.0361. The molecule has 1 aromatic heterocycles. The van der Waals surface area contributed by atoms with E-state index in [9.17, 15) is 0 Å². The summed E-state index contributed by atoms with van der Waals surface area (Å²) in [5.41, 5.74) is 0. The smallest absolute Gasteiger partial charge is 0.147 e. The predicted molar refractivity (Wildman–Crippen MR) is 66.5 cm³/mol. The molecule has 0 amide bonds. The maximum absolute atomic E-state index is 6.14. The molecule has 88 valence electrons. The SMILES string of the molecule is CC1COC(CCl)CN1c1ncccc1Cl. The zero-order valence-corrected chi connectivity index (χ0v) is 10.6. The van der Waals surface area contributed by atoms with Gasteiger partial charge in [-0.15, -0.1) is 11.6 Å². The summed E-state index contributed by atoms with van der Waals surface area (Å²) >= 11 is 12.0. The summed E-state index contributed by atoms with van der Waals surface area (Å²) in [4.78, 5) is 6.47. The van der Waals surface area contributed by atoms with Crippen molar-refractivity contribution in [1.82, 2.24) is 4.98 Å². The molecule has 16 heavy (non-hydrogen) atoms. The van der Waals surface area contributed by atoms with E-state index >= 15 is 0 Å². The molecule has 2 atom stereocenters. The van der Waals surface area contributed by atoms with E-state index in [-0.39, 0.29) is 12.1 Å². The van der Waals surface area contributed by atoms with Crippen LogP contribution in [0.5, 0.6) is 0 Å². The first-order chi connectivity index (χ1) is 7.72. The van der Waals surface area contributed by atoms with E-state index < -0.39 is 0 Å². The van der Waals surface area contributed by atoms with Crippen LogP contribution in [0.25, 0.3) is 0 Å². The van der Waals surface area contributed by atoms with Gasteiger partial charge in [-0.1, -0.05) is 11.6 Å². The highest BCUT2D eigenvalue weighted by atomic mass is 35.5. The second kappa shape index (κ2) is 5.21. The third-order valence-electron chi connectivity index (χ3n) is 2.69. The highest BCUT2D eigenvalue weighted by Gasteiger charge is 2.27. The molecule has 1 aromatic rings. The fraction of sp³-hybridized carbons (Fsp3) is 0.545. The Bertz CT molecular complexity index is 362. The lowest BCUT2D eigenvalue weighted by Gasteiger charge is -2.38. The zero-order valence-electron chi connectivity index (χ0n) is 9.07. The fourth-order valence-electron chi connectivity index (χ4n) is 1.79. The molecule has 0 N–H and O–H groups in total. The van der Waals surface area contributed by atoms with Crippen LogP contribution in [-0.2, 0) is 4.74 Å². The number of ether oxygens (including phenoxy) is 1. The highest BCUT2D eigenvalue weighted by Crippen LogP contribution is 2.26. The van der Waals surface area contributed by atoms with Crippen molar-refractivity contribution in [3.05, 3.63) is 23.4 Å². The molecule has 0 saturated carbocycles. The number of nitrogens with zero attached hydrogens (tertiary/aromatic N) is 2. The van der Waals surface area contributed by atoms with Crippen LogP contribution in [0.15, 0.2) is 18.3 Å². The molecule has 0 aromatic carbocycles. The van der Waals surface area contributed by atoms with E-state index in [1.165, 1.54) is 0 Å². The molecule has 0 aliphatic carbocycles. The topological polar surface area (TPSA) is 25.4 Å². The normalized spacial score (nSPS) is 25.8. The van der Waals surface area contributed by atoms with Gasteiger partial charge in [0.05, 0.1) is 29.7 Å². The van der Waals surface area contributed by atoms with Crippen LogP contribution >= 0.6 is 23.2 Å². The van der Waals surface area contributed by atoms with Gasteiger partial charge in [0.15, 0.2) is 0 Å². The van der Waals surface area contributed by atoms with Crippen molar-refractivity contribution in [2.75, 3.05) is 23.9 Å². The monoisotopic (exact) mass is 260 g/mol. The largest absolute Gasteiger partial charge is 0.373 e. The second-order valence-corrected chi connectivity index (χ2v) is 4.64. The van der Waals surface area contributed by atoms with Crippen LogP contribution in [0.3, 0.4) is 0 Å². The van der Waals surface area contributed by atoms with E-state index in [4.69, 9.17) is 27.9 Å². The summed E-state index contributed by atoms with van der Waals surface area (Å²) in [6.45, 7) is 3.49. The summed E-state index contributed by atoms with van der Waals surface area (Å²) in [5, 5.41) is 0.671. The number of rotatable bonds is 2. The molecule has 2 unspecified atom stereocenters. The van der Waals surface area contributed by atoms with Crippen LogP contribution in [-0.4, -0.2) is 36.2 Å². The van der Waals surface area contributed by atoms with Gasteiger partial charge in [-0.05, 0) is 19.1 Å². The number of pyridine rings is 1. The lowest BCUT2D eigenvalue weighted by atomic mass is 10.2. The van der Waals surface area contributed by atoms with Gasteiger partial charge in [-0.2, -0.15) is 0 Å². The van der Waals surface area contributed by atoms with Gasteiger partial charge in [0.1, 0.15) is 5.82 Å². The Morgan fingerprint density at radius 2 is 2.44 bits per heavy atom. The number of hydrogen-bond acceptors (Lipinski definition) is 3. The standard InChI is InChI=1S/C11H14Cl2N2O/c1-8-7-16-9(5-12)6-15(8)11-10(13)3-2-4-14-11/h2-4,8-9H,5-7H2,1H3. The number of aromatic nitrogens is 1. The number of morpholine rings is 1. The van der Waals surface area contributed by atoms with Crippen LogP contribution in [0.1, 0.15) is 6.92 Å². The number of halogens is 2. The first-order valence-electron chi connectivity index (χ1n) is 5.27. The van der Waals surface area contributed by atoms with Crippen LogP contribution in [0.2, 0.25) is 5.02 Å². The molecule has 0 radical (unpaired) electrons. The van der Waals surface area contributed by atoms with Crippen LogP contribution in [0.4, 0.5) is 5.82 Å². The Kier molecular flexibility index (Phi) is 3.90. The molecule has 1 saturated heterocycles. The van der Waals surface area contributed by atoms with Crippen molar-refractivity contribution >= 4 is 29.0 Å². The molecular weight excluding hydrogens is 247 g/mol. The van der Waals surface area contributed by atoms with E-state index in [1.54, 1.807) is 6.20 Å². The van der Waals surface area contributed by atoms with Crippen molar-refractivity contribution in [2.45, 2.75) is 19.1 Å². The molecular formula is C11H14Cl2N2O. The maximum atomic E-state index is 6.14. The molecule has 1 fully saturated rings. The van der Waals surface area contributed by atoms with Gasteiger partial charge >= 0.3 is 0 Å². The van der Waals surface area contributed by atoms with Crippen LogP contribution < -0.4 is 4.90 Å². The van der Waals surface area contributed by atoms with Gasteiger partial charge in [-0.3, -0.25) is 0 Å². The quantitative estimate of drug-likeness (QED) is 0.765. The zero-order chi connectivity index (χ0) is 11.5. The molecule has 1 aliphatic rings. The molecule has 0 bridgehead atoms. The predicted octanol–water partition coefficient (Wildman–Crippen LogP) is 2.57. The van der Waals surface area contributed by atoms with Gasteiger partial charge in [-0.25, -0.2) is 4.98 Å². The minimum Gasteiger partial charge on any atom is -0.373 e. The van der Waals surface area contributed by atoms with E-state index in [1.807, 2.05) is 12.1 Å². The average Bonchev–Trinajstić information content (AvgIpc) is 2.31. The summed E-state index contributed by atoms with van der Waals surface area (Å²) < 4.78 is 5.59. The molecule has 2 heterocycles. The van der Waals surface area contributed by atoms with Crippen molar-refractivity contribution in [2.24, 2.45) is 0 Å². The lowest BCUT2D eigenvalue weighted by Crippen LogP contribution is -2.49. The van der Waals surface area contributed by atoms with E-state index in [0.717, 1.165) is 12.4 Å². The Morgan fingerprint density at radius 1 is 1.62 bits per heavy atom. The molecule has 0 spiro atoms. The number of alkyl halides is 1. The Labute approximate surface area is 105 Å². The van der Waals surface area contributed by atoms with Crippen LogP contribution in [0, 0.1) is 0 Å². The Hall–Kier alpha value is -0.510. The van der Waals surface area contributed by atoms with Crippen molar-refractivity contribution in [1.29, 1.82) is 0 Å². The molecule has 1 aliphatic heterocycles. The summed E-state index contributed by atoms with van der Waals surface area (Å²) in [5.74, 6) is 1.31. The highest BCUT2D eigenvalue weighted by molar-refractivity contribution is 6.32. The van der Waals surface area contributed by atoms with Gasteiger partial charge in [0, 0.05) is 12.7 Å². The van der Waals surface area contributed by atoms with E-state index in [2.05, 4.69) is 16.8 Å². The van der Waals surface area contributed by atoms with Crippen molar-refractivity contribution in [3.63, 3.8) is 0 Å². The minimum absolute atomic E-state index is 0.0518. The van der Waals surface area contributed by atoms with E-state index in [0.29, 0.717) is 17.5 Å². The second-order valence-electron chi connectivity index (χ2n) is 3.92. The Balaban J connectivity index is 2.21. The molecule has 5 heteroatoms. The maximum Gasteiger partial charge on any atom is 0.147 e. The minimum atomic E-state index is 0.0518. The van der Waals surface area contributed by atoms with Gasteiger partial charge < -0.3 is 9.64 Å². The number of anilines is 1. The molecule has 3 nitrogen and oxygen atoms in total. The third kappa shape index (κ3) is 2.42. The first kappa shape index (κ1) is 12.0. The summed E-state index contributed by atoms with van der Waals surface area (Å²) in [6, 6.07) is 3.95. The van der Waals surface area contributed by atoms with Gasteiger partial charge in [0.25, 0.3) is 0 Å². The molecule has 2 rings (SSSR count). The van der Waals surface area contributed by atoms with Crippen molar-refractivity contribution in [3.8, 4) is 0 Å².